The number of aliphatic hydroxyl groups excluding tert-OH is 5. The van der Waals surface area contributed by atoms with E-state index in [1.54, 1.807) is 5.73 Å². The molecule has 0 radical (unpaired) electrons. The van der Waals surface area contributed by atoms with Crippen LogP contribution >= 0.6 is 0 Å². The normalized spacial score (nSPS) is 20.9. The molecule has 0 spiro atoms. The predicted octanol–water partition coefficient (Wildman–Crippen LogP) is -4.09. The van der Waals surface area contributed by atoms with E-state index in [-0.39, 0.29) is 0 Å². The number of hydrogen-bond donors (Lipinski definition) is 6. The highest BCUT2D eigenvalue weighted by Gasteiger charge is 2.37. The summed E-state index contributed by atoms with van der Waals surface area (Å²) in [7, 11) is 0. The Balaban J connectivity index is 4.68. The number of carbonyl (C=O) groups excluding carboxylic acids is 2. The van der Waals surface area contributed by atoms with Crippen LogP contribution < -0.4 is 5.73 Å². The molecule has 0 aliphatic carbocycles. The number of rotatable bonds is 8. The van der Waals surface area contributed by atoms with Crippen LogP contribution in [0.15, 0.2) is 0 Å². The number of aliphatic hydroxyl groups is 5. The Morgan fingerprint density at radius 1 is 1.18 bits per heavy atom. The molecule has 0 fully saturated rings. The fraction of sp³-hybridized carbons (Fsp3) is 0.778. The van der Waals surface area contributed by atoms with E-state index in [9.17, 15) is 24.9 Å². The van der Waals surface area contributed by atoms with Gasteiger partial charge in [0.1, 0.15) is 25.8 Å². The Kier molecular flexibility index (Phi) is 5.62. The van der Waals surface area contributed by atoms with E-state index in [2.05, 4.69) is 0 Å². The van der Waals surface area contributed by atoms with E-state index >= 15 is 0 Å². The first-order valence-electron chi connectivity index (χ1n) is 5.36. The van der Waals surface area contributed by atoms with Crippen molar-refractivity contribution in [1.29, 1.82) is 0 Å². The van der Waals surface area contributed by atoms with E-state index in [4.69, 9.17) is 11.6 Å². The lowest BCUT2D eigenvalue weighted by molar-refractivity contribution is -0.154. The molecule has 5 atom stereocenters. The lowest BCUT2D eigenvalue weighted by Crippen LogP contribution is -2.52. The first-order valence-corrected chi connectivity index (χ1v) is 4.86. The summed E-state index contributed by atoms with van der Waals surface area (Å²) in [6.45, 7) is 0.309. The molecule has 17 heavy (non-hydrogen) atoms. The van der Waals surface area contributed by atoms with Gasteiger partial charge in [0, 0.05) is 0 Å². The van der Waals surface area contributed by atoms with Gasteiger partial charge >= 0.3 is 0 Å². The molecule has 0 aromatic carbocycles. The highest BCUT2D eigenvalue weighted by Crippen LogP contribution is 2.07. The Morgan fingerprint density at radius 3 is 2.12 bits per heavy atom. The third-order valence-electron chi connectivity index (χ3n) is 2.16. The molecular formula is C9H17NO7. The van der Waals surface area contributed by atoms with Gasteiger partial charge in [0.15, 0.2) is 0 Å². The lowest BCUT2D eigenvalue weighted by atomic mass is 9.97. The minimum Gasteiger partial charge on any atom is -0.394 e. The Bertz CT molecular complexity index is 301. The molecule has 0 saturated carbocycles. The van der Waals surface area contributed by atoms with Crippen LogP contribution in [0.1, 0.15) is 6.92 Å². The van der Waals surface area contributed by atoms with Gasteiger partial charge in [-0.3, -0.25) is 9.59 Å². The van der Waals surface area contributed by atoms with Crippen molar-refractivity contribution in [2.24, 2.45) is 5.73 Å². The van der Waals surface area contributed by atoms with E-state index in [0.29, 0.717) is 0 Å². The van der Waals surface area contributed by atoms with E-state index in [0.717, 1.165) is 0 Å². The summed E-state index contributed by atoms with van der Waals surface area (Å²) in [5.74, 6) is -2.55. The second-order valence-electron chi connectivity index (χ2n) is 3.63. The lowest BCUT2D eigenvalue weighted by Gasteiger charge is -2.24. The molecule has 0 aromatic rings. The molecule has 0 aliphatic heterocycles. The summed E-state index contributed by atoms with van der Waals surface area (Å²) in [6.07, 6.45) is -8.11. The summed E-state index contributed by atoms with van der Waals surface area (Å²) in [5.41, 5.74) is 1.74. The van der Waals surface area contributed by atoms with E-state index in [1.165, 1.54) is 6.92 Å². The minimum atomic E-state index is -2.25. The van der Waals surface area contributed by atoms with E-state index < -0.39 is 48.6 Å². The van der Waals surface area contributed by atoms with Crippen molar-refractivity contribution in [2.45, 2.75) is 37.4 Å². The highest BCUT2D eigenvalue weighted by molar-refractivity contribution is 6.40. The zero-order valence-electron chi connectivity index (χ0n) is 10.1. The SMILES string of the molecule is [2H]N[C@@H](C)C(=O)C(=O)[C@@H](O)[C@@H](O)[C@H](O)[C@H](O)CO. The number of nitrogens with two attached hydrogens (primary N) is 1. The average molecular weight is 252 g/mol. The second kappa shape index (κ2) is 6.74. The Morgan fingerprint density at radius 2 is 1.71 bits per heavy atom. The van der Waals surface area contributed by atoms with Gasteiger partial charge in [-0.2, -0.15) is 0 Å². The molecule has 0 bridgehead atoms. The quantitative estimate of drug-likeness (QED) is 0.237. The average Bonchev–Trinajstić information content (AvgIpc) is 2.40. The van der Waals surface area contributed by atoms with Crippen LogP contribution in [0.2, 0.25) is 1.41 Å². The maximum atomic E-state index is 11.4. The monoisotopic (exact) mass is 252 g/mol. The molecule has 0 unspecified atom stereocenters. The molecule has 0 saturated heterocycles. The number of Topliss-reactive ketones (excluding diaryl/α,β-unsaturated/α-hetero) is 2. The van der Waals surface area contributed by atoms with Crippen LogP contribution in [0, 0.1) is 0 Å². The van der Waals surface area contributed by atoms with Crippen LogP contribution in [0.5, 0.6) is 0 Å². The summed E-state index contributed by atoms with van der Waals surface area (Å²) in [5, 5.41) is 45.5. The van der Waals surface area contributed by atoms with Crippen LogP contribution in [0.4, 0.5) is 0 Å². The van der Waals surface area contributed by atoms with Gasteiger partial charge in [-0.15, -0.1) is 0 Å². The standard InChI is InChI=1S/C9H17NO7/c1-3(10)5(13)7(15)9(17)8(16)6(14)4(12)2-11/h3-4,6,8-9,11-12,14,16-17H,2,10H2,1H3/t3-,4+,6+,8-,9+/m0/s1/i/hD. The first kappa shape index (κ1) is 14.2. The van der Waals surface area contributed by atoms with Crippen molar-refractivity contribution >= 4 is 11.6 Å². The number of hydrogen-bond acceptors (Lipinski definition) is 8. The largest absolute Gasteiger partial charge is 0.394 e. The van der Waals surface area contributed by atoms with Gasteiger partial charge in [0.2, 0.25) is 11.6 Å². The van der Waals surface area contributed by atoms with Gasteiger partial charge in [0.25, 0.3) is 0 Å². The number of carbonyl (C=O) groups is 2. The zero-order chi connectivity index (χ0) is 14.5. The van der Waals surface area contributed by atoms with Crippen molar-refractivity contribution in [3.63, 3.8) is 0 Å². The van der Waals surface area contributed by atoms with Crippen molar-refractivity contribution in [2.75, 3.05) is 6.61 Å². The maximum Gasteiger partial charge on any atom is 0.231 e. The molecule has 7 N–H and O–H groups in total. The van der Waals surface area contributed by atoms with Gasteiger partial charge in [0.05, 0.1) is 12.6 Å². The van der Waals surface area contributed by atoms with Crippen molar-refractivity contribution in [3.8, 4) is 0 Å². The third kappa shape index (κ3) is 4.11. The molecule has 8 nitrogen and oxygen atoms in total. The van der Waals surface area contributed by atoms with Gasteiger partial charge in [-0.25, -0.2) is 0 Å². The summed E-state index contributed by atoms with van der Waals surface area (Å²) >= 11 is 0. The van der Waals surface area contributed by atoms with Crippen LogP contribution in [0.3, 0.4) is 0 Å². The van der Waals surface area contributed by atoms with Gasteiger partial charge < -0.3 is 31.3 Å². The molecule has 0 amide bonds. The van der Waals surface area contributed by atoms with Gasteiger partial charge in [-0.1, -0.05) is 0 Å². The van der Waals surface area contributed by atoms with Crippen molar-refractivity contribution in [1.82, 2.24) is 0 Å². The number of ketones is 2. The van der Waals surface area contributed by atoms with Crippen LogP contribution in [-0.2, 0) is 9.59 Å². The second-order valence-corrected chi connectivity index (χ2v) is 3.63. The Hall–Kier alpha value is -0.900. The molecule has 0 aliphatic rings. The van der Waals surface area contributed by atoms with Crippen LogP contribution in [0.25, 0.3) is 0 Å². The third-order valence-corrected chi connectivity index (χ3v) is 2.16. The fourth-order valence-electron chi connectivity index (χ4n) is 1.04. The molecule has 0 heterocycles. The van der Waals surface area contributed by atoms with Gasteiger partial charge in [-0.05, 0) is 6.92 Å². The smallest absolute Gasteiger partial charge is 0.231 e. The fourth-order valence-corrected chi connectivity index (χ4v) is 1.04. The first-order chi connectivity index (χ1) is 8.27. The molecular weight excluding hydrogens is 234 g/mol. The highest BCUT2D eigenvalue weighted by atomic mass is 16.4. The summed E-state index contributed by atoms with van der Waals surface area (Å²) in [4.78, 5) is 22.6. The molecule has 0 rings (SSSR count). The van der Waals surface area contributed by atoms with E-state index in [1.807, 2.05) is 0 Å². The zero-order valence-corrected chi connectivity index (χ0v) is 9.15. The molecule has 8 heteroatoms. The topological polar surface area (TPSA) is 161 Å². The van der Waals surface area contributed by atoms with Crippen LogP contribution in [-0.4, -0.2) is 74.2 Å². The molecule has 100 valence electrons. The summed E-state index contributed by atoms with van der Waals surface area (Å²) < 4.78 is 6.67. The Labute approximate surface area is 98.8 Å². The summed E-state index contributed by atoms with van der Waals surface area (Å²) in [6, 6.07) is -1.18. The van der Waals surface area contributed by atoms with Crippen molar-refractivity contribution < 1.29 is 36.5 Å². The maximum absolute atomic E-state index is 11.4. The van der Waals surface area contributed by atoms with Crippen molar-refractivity contribution in [3.05, 3.63) is 0 Å². The molecule has 0 aromatic heterocycles. The predicted molar refractivity (Wildman–Crippen MR) is 54.8 cm³/mol. The minimum absolute atomic E-state index is 0.891.